The number of aliphatic hydroxyl groups excluding tert-OH is 1. The van der Waals surface area contributed by atoms with Gasteiger partial charge in [-0.25, -0.2) is 0 Å². The van der Waals surface area contributed by atoms with E-state index in [0.29, 0.717) is 23.4 Å². The van der Waals surface area contributed by atoms with Gasteiger partial charge < -0.3 is 19.8 Å². The second kappa shape index (κ2) is 9.03. The number of rotatable bonds is 7. The molecule has 1 atom stereocenters. The fraction of sp³-hybridized carbons (Fsp3) is 0.333. The van der Waals surface area contributed by atoms with Gasteiger partial charge in [0.15, 0.2) is 0 Å². The van der Waals surface area contributed by atoms with Crippen molar-refractivity contribution in [3.05, 3.63) is 64.7 Å². The molecule has 6 heteroatoms. The van der Waals surface area contributed by atoms with E-state index >= 15 is 0 Å². The van der Waals surface area contributed by atoms with E-state index in [9.17, 15) is 19.8 Å². The highest BCUT2D eigenvalue weighted by Gasteiger charge is 2.46. The van der Waals surface area contributed by atoms with Gasteiger partial charge in [-0.15, -0.1) is 0 Å². The van der Waals surface area contributed by atoms with Crippen LogP contribution in [0.2, 0.25) is 0 Å². The highest BCUT2D eigenvalue weighted by molar-refractivity contribution is 6.46. The van der Waals surface area contributed by atoms with Gasteiger partial charge in [0.25, 0.3) is 11.7 Å². The van der Waals surface area contributed by atoms with Crippen LogP contribution in [0.1, 0.15) is 48.9 Å². The van der Waals surface area contributed by atoms with Crippen LogP contribution in [-0.2, 0) is 9.59 Å². The second-order valence-corrected chi connectivity index (χ2v) is 7.50. The summed E-state index contributed by atoms with van der Waals surface area (Å²) in [6.07, 6.45) is 2.63. The lowest BCUT2D eigenvalue weighted by Crippen LogP contribution is -2.30. The molecule has 0 saturated carbocycles. The zero-order valence-electron chi connectivity index (χ0n) is 17.5. The third-order valence-corrected chi connectivity index (χ3v) is 5.34. The van der Waals surface area contributed by atoms with Gasteiger partial charge in [0.2, 0.25) is 0 Å². The minimum absolute atomic E-state index is 0.00555. The van der Waals surface area contributed by atoms with E-state index in [2.05, 4.69) is 6.92 Å². The Balaban J connectivity index is 2.19. The van der Waals surface area contributed by atoms with Gasteiger partial charge in [-0.1, -0.05) is 43.5 Å². The fourth-order valence-electron chi connectivity index (χ4n) is 3.84. The first-order valence-corrected chi connectivity index (χ1v) is 10.1. The van der Waals surface area contributed by atoms with Crippen LogP contribution in [0.4, 0.5) is 0 Å². The summed E-state index contributed by atoms with van der Waals surface area (Å²) in [7, 11) is 1.48. The van der Waals surface area contributed by atoms with Crippen molar-refractivity contribution < 1.29 is 24.5 Å². The van der Waals surface area contributed by atoms with Gasteiger partial charge in [0.05, 0.1) is 24.3 Å². The maximum Gasteiger partial charge on any atom is 0.295 e. The Hall–Kier alpha value is -3.28. The average molecular weight is 409 g/mol. The van der Waals surface area contributed by atoms with Gasteiger partial charge in [0.1, 0.15) is 17.3 Å². The molecule has 1 aliphatic rings. The molecule has 158 valence electrons. The number of benzene rings is 2. The number of hydrogen-bond acceptors (Lipinski definition) is 5. The van der Waals surface area contributed by atoms with E-state index in [1.165, 1.54) is 24.1 Å². The van der Waals surface area contributed by atoms with Crippen molar-refractivity contribution in [1.29, 1.82) is 0 Å². The summed E-state index contributed by atoms with van der Waals surface area (Å²) < 4.78 is 5.37. The number of unbranched alkanes of at least 4 members (excludes halogenated alkanes) is 2. The maximum atomic E-state index is 13.0. The van der Waals surface area contributed by atoms with E-state index in [1.807, 2.05) is 13.0 Å². The minimum Gasteiger partial charge on any atom is -0.508 e. The van der Waals surface area contributed by atoms with Crippen molar-refractivity contribution >= 4 is 17.4 Å². The van der Waals surface area contributed by atoms with E-state index < -0.39 is 17.7 Å². The van der Waals surface area contributed by atoms with Crippen LogP contribution in [0.3, 0.4) is 0 Å². The van der Waals surface area contributed by atoms with Gasteiger partial charge in [-0.05, 0) is 43.2 Å². The first-order chi connectivity index (χ1) is 14.4. The summed E-state index contributed by atoms with van der Waals surface area (Å²) in [5.74, 6) is -1.22. The predicted octanol–water partition coefficient (Wildman–Crippen LogP) is 4.32. The van der Waals surface area contributed by atoms with E-state index in [0.717, 1.165) is 24.8 Å². The molecule has 6 nitrogen and oxygen atoms in total. The Morgan fingerprint density at radius 3 is 2.57 bits per heavy atom. The molecule has 1 aliphatic heterocycles. The molecule has 30 heavy (non-hydrogen) atoms. The molecule has 0 radical (unpaired) electrons. The van der Waals surface area contributed by atoms with Crippen molar-refractivity contribution in [3.8, 4) is 11.5 Å². The number of nitrogens with zero attached hydrogens (tertiary/aromatic N) is 1. The zero-order chi connectivity index (χ0) is 21.8. The minimum atomic E-state index is -0.779. The maximum absolute atomic E-state index is 13.0. The lowest BCUT2D eigenvalue weighted by atomic mass is 9.94. The molecule has 1 heterocycles. The largest absolute Gasteiger partial charge is 0.508 e. The van der Waals surface area contributed by atoms with Gasteiger partial charge in [-0.2, -0.15) is 0 Å². The van der Waals surface area contributed by atoms with Gasteiger partial charge in [-0.3, -0.25) is 9.59 Å². The monoisotopic (exact) mass is 409 g/mol. The van der Waals surface area contributed by atoms with Crippen LogP contribution in [0.25, 0.3) is 5.76 Å². The molecule has 0 bridgehead atoms. The number of ketones is 1. The van der Waals surface area contributed by atoms with Crippen LogP contribution in [0, 0.1) is 6.92 Å². The van der Waals surface area contributed by atoms with Crippen LogP contribution in [0.5, 0.6) is 11.5 Å². The molecule has 0 spiro atoms. The molecule has 0 aliphatic carbocycles. The van der Waals surface area contributed by atoms with Crippen molar-refractivity contribution in [1.82, 2.24) is 4.90 Å². The van der Waals surface area contributed by atoms with Crippen LogP contribution in [-0.4, -0.2) is 40.5 Å². The lowest BCUT2D eigenvalue weighted by molar-refractivity contribution is -0.139. The third kappa shape index (κ3) is 4.03. The summed E-state index contributed by atoms with van der Waals surface area (Å²) in [5, 5.41) is 21.2. The predicted molar refractivity (Wildman–Crippen MR) is 114 cm³/mol. The van der Waals surface area contributed by atoms with Crippen LogP contribution in [0.15, 0.2) is 48.0 Å². The SMILES string of the molecule is CCCCCN1C(=O)C(=O)/C(=C(/O)c2cc(C)ccc2OC)C1c1cccc(O)c1. The van der Waals surface area contributed by atoms with Crippen molar-refractivity contribution in [2.45, 2.75) is 39.2 Å². The third-order valence-electron chi connectivity index (χ3n) is 5.34. The Bertz CT molecular complexity index is 995. The quantitative estimate of drug-likeness (QED) is 0.308. The number of phenols is 1. The molecule has 2 aromatic carbocycles. The van der Waals surface area contributed by atoms with Crippen molar-refractivity contribution in [2.75, 3.05) is 13.7 Å². The normalized spacial score (nSPS) is 18.1. The molecular formula is C24H27NO5. The number of aromatic hydroxyl groups is 1. The van der Waals surface area contributed by atoms with E-state index in [1.54, 1.807) is 24.3 Å². The number of aliphatic hydroxyl groups is 1. The Labute approximate surface area is 176 Å². The van der Waals surface area contributed by atoms with Gasteiger partial charge >= 0.3 is 0 Å². The number of phenolic OH excluding ortho intramolecular Hbond substituents is 1. The second-order valence-electron chi connectivity index (χ2n) is 7.50. The number of ether oxygens (including phenoxy) is 1. The lowest BCUT2D eigenvalue weighted by Gasteiger charge is -2.25. The van der Waals surface area contributed by atoms with E-state index in [-0.39, 0.29) is 17.1 Å². The standard InChI is InChI=1S/C24H27NO5/c1-4-5-6-12-25-21(16-8-7-9-17(26)14-16)20(23(28)24(25)29)22(27)18-13-15(2)10-11-19(18)30-3/h7-11,13-14,21,26-27H,4-6,12H2,1-3H3/b22-20+. The number of amides is 1. The number of hydrogen-bond donors (Lipinski definition) is 2. The summed E-state index contributed by atoms with van der Waals surface area (Å²) in [6, 6.07) is 10.9. The number of carbonyl (C=O) groups is 2. The number of aryl methyl sites for hydroxylation is 1. The molecule has 3 rings (SSSR count). The Morgan fingerprint density at radius 1 is 1.13 bits per heavy atom. The Morgan fingerprint density at radius 2 is 1.90 bits per heavy atom. The fourth-order valence-corrected chi connectivity index (χ4v) is 3.84. The molecule has 1 unspecified atom stereocenters. The summed E-state index contributed by atoms with van der Waals surface area (Å²) in [4.78, 5) is 27.4. The highest BCUT2D eigenvalue weighted by Crippen LogP contribution is 2.41. The molecule has 0 aromatic heterocycles. The average Bonchev–Trinajstić information content (AvgIpc) is 2.98. The number of Topliss-reactive ketones (excluding diaryl/α,β-unsaturated/α-hetero) is 1. The first-order valence-electron chi connectivity index (χ1n) is 10.1. The van der Waals surface area contributed by atoms with Crippen LogP contribution < -0.4 is 4.74 Å². The topological polar surface area (TPSA) is 87.1 Å². The van der Waals surface area contributed by atoms with E-state index in [4.69, 9.17) is 4.74 Å². The number of carbonyl (C=O) groups excluding carboxylic acids is 2. The summed E-state index contributed by atoms with van der Waals surface area (Å²) in [5.41, 5.74) is 1.81. The van der Waals surface area contributed by atoms with Crippen molar-refractivity contribution in [3.63, 3.8) is 0 Å². The summed E-state index contributed by atoms with van der Waals surface area (Å²) >= 11 is 0. The number of methoxy groups -OCH3 is 1. The zero-order valence-corrected chi connectivity index (χ0v) is 17.5. The smallest absolute Gasteiger partial charge is 0.295 e. The summed E-state index contributed by atoms with van der Waals surface area (Å²) in [6.45, 7) is 4.32. The number of likely N-dealkylation sites (tertiary alicyclic amines) is 1. The first kappa shape index (κ1) is 21.4. The molecule has 2 aromatic rings. The molecule has 2 N–H and O–H groups in total. The molecule has 1 saturated heterocycles. The molecular weight excluding hydrogens is 382 g/mol. The van der Waals surface area contributed by atoms with Crippen LogP contribution >= 0.6 is 0 Å². The molecule has 1 fully saturated rings. The van der Waals surface area contributed by atoms with Crippen molar-refractivity contribution in [2.24, 2.45) is 0 Å². The van der Waals surface area contributed by atoms with Gasteiger partial charge in [0, 0.05) is 6.54 Å². The molecule has 1 amide bonds. The highest BCUT2D eigenvalue weighted by atomic mass is 16.5. The Kier molecular flexibility index (Phi) is 6.45.